The number of benzene rings is 1. The van der Waals surface area contributed by atoms with Crippen molar-refractivity contribution in [3.63, 3.8) is 0 Å². The van der Waals surface area contributed by atoms with Crippen LogP contribution in [0.25, 0.3) is 0 Å². The van der Waals surface area contributed by atoms with Crippen molar-refractivity contribution in [3.8, 4) is 0 Å². The number of aryl methyl sites for hydroxylation is 1. The first-order valence-corrected chi connectivity index (χ1v) is 7.33. The van der Waals surface area contributed by atoms with Crippen LogP contribution in [0.1, 0.15) is 30.0 Å². The van der Waals surface area contributed by atoms with E-state index in [-0.39, 0.29) is 12.1 Å². The van der Waals surface area contributed by atoms with Crippen LogP contribution in [0.5, 0.6) is 0 Å². The number of hydrogen-bond donors (Lipinski definition) is 1. The minimum Gasteiger partial charge on any atom is -0.447 e. The molecule has 6 heteroatoms. The average Bonchev–Trinajstić information content (AvgIpc) is 3.13. The summed E-state index contributed by atoms with van der Waals surface area (Å²) in [6.07, 6.45) is -0.282. The van der Waals surface area contributed by atoms with Crippen LogP contribution in [-0.4, -0.2) is 24.4 Å². The monoisotopic (exact) mass is 301 g/mol. The van der Waals surface area contributed by atoms with Crippen LogP contribution in [0.2, 0.25) is 0 Å². The molecule has 6 nitrogen and oxygen atoms in total. The van der Waals surface area contributed by atoms with Crippen molar-refractivity contribution in [1.82, 2.24) is 10.5 Å². The normalized spacial score (nSPS) is 15.9. The Morgan fingerprint density at radius 1 is 1.41 bits per heavy atom. The molecule has 0 bridgehead atoms. The standard InChI is InChI=1S/C16H19N3O3/c1-11-8-14(18-22-11)10-17-12(2)13-4-3-5-15(9-13)19-6-7-21-16(19)20/h3-5,8-9,12,17H,6-7,10H2,1-2H3. The molecule has 1 fully saturated rings. The number of carbonyl (C=O) groups excluding carboxylic acids is 1. The van der Waals surface area contributed by atoms with E-state index in [1.54, 1.807) is 4.90 Å². The second-order valence-electron chi connectivity index (χ2n) is 5.39. The molecule has 0 spiro atoms. The molecule has 0 aliphatic carbocycles. The first-order valence-electron chi connectivity index (χ1n) is 7.33. The van der Waals surface area contributed by atoms with Gasteiger partial charge in [-0.15, -0.1) is 0 Å². The van der Waals surface area contributed by atoms with Gasteiger partial charge in [0.2, 0.25) is 0 Å². The van der Waals surface area contributed by atoms with Crippen LogP contribution in [0.4, 0.5) is 10.5 Å². The van der Waals surface area contributed by atoms with Crippen molar-refractivity contribution in [2.24, 2.45) is 0 Å². The molecule has 2 heterocycles. The van der Waals surface area contributed by atoms with Gasteiger partial charge in [-0.2, -0.15) is 0 Å². The lowest BCUT2D eigenvalue weighted by molar-refractivity contribution is 0.181. The molecule has 22 heavy (non-hydrogen) atoms. The number of nitrogens with one attached hydrogen (secondary N) is 1. The zero-order chi connectivity index (χ0) is 15.5. The summed E-state index contributed by atoms with van der Waals surface area (Å²) in [4.78, 5) is 13.3. The average molecular weight is 301 g/mol. The lowest BCUT2D eigenvalue weighted by Crippen LogP contribution is -2.24. The van der Waals surface area contributed by atoms with Gasteiger partial charge >= 0.3 is 6.09 Å². The number of nitrogens with zero attached hydrogens (tertiary/aromatic N) is 2. The summed E-state index contributed by atoms with van der Waals surface area (Å²) in [6.45, 7) is 5.63. The van der Waals surface area contributed by atoms with Gasteiger partial charge in [-0.1, -0.05) is 17.3 Å². The van der Waals surface area contributed by atoms with Crippen molar-refractivity contribution in [2.45, 2.75) is 26.4 Å². The maximum absolute atomic E-state index is 11.6. The molecule has 0 radical (unpaired) electrons. The molecule has 2 aromatic rings. The Kier molecular flexibility index (Phi) is 4.11. The zero-order valence-electron chi connectivity index (χ0n) is 12.7. The van der Waals surface area contributed by atoms with Gasteiger partial charge in [0.1, 0.15) is 12.4 Å². The van der Waals surface area contributed by atoms with E-state index < -0.39 is 0 Å². The first kappa shape index (κ1) is 14.6. The van der Waals surface area contributed by atoms with E-state index in [9.17, 15) is 4.79 Å². The zero-order valence-corrected chi connectivity index (χ0v) is 12.7. The second kappa shape index (κ2) is 6.19. The van der Waals surface area contributed by atoms with Crippen LogP contribution >= 0.6 is 0 Å². The minimum absolute atomic E-state index is 0.135. The maximum Gasteiger partial charge on any atom is 0.414 e. The number of hydrogen-bond acceptors (Lipinski definition) is 5. The molecule has 1 atom stereocenters. The molecule has 1 amide bonds. The van der Waals surface area contributed by atoms with Crippen LogP contribution in [0.3, 0.4) is 0 Å². The minimum atomic E-state index is -0.282. The summed E-state index contributed by atoms with van der Waals surface area (Å²) in [5, 5.41) is 7.37. The van der Waals surface area contributed by atoms with Gasteiger partial charge in [-0.25, -0.2) is 4.79 Å². The van der Waals surface area contributed by atoms with Gasteiger partial charge in [0, 0.05) is 24.3 Å². The molecule has 1 saturated heterocycles. The molecule has 1 aromatic heterocycles. The van der Waals surface area contributed by atoms with E-state index in [4.69, 9.17) is 9.26 Å². The molecule has 116 valence electrons. The fraction of sp³-hybridized carbons (Fsp3) is 0.375. The molecular formula is C16H19N3O3. The van der Waals surface area contributed by atoms with Gasteiger partial charge in [-0.3, -0.25) is 4.90 Å². The molecule has 1 aliphatic rings. The summed E-state index contributed by atoms with van der Waals surface area (Å²) < 4.78 is 10.0. The largest absolute Gasteiger partial charge is 0.447 e. The molecule has 0 saturated carbocycles. The highest BCUT2D eigenvalue weighted by Crippen LogP contribution is 2.23. The van der Waals surface area contributed by atoms with Crippen molar-refractivity contribution in [3.05, 3.63) is 47.3 Å². The molecule has 1 aromatic carbocycles. The van der Waals surface area contributed by atoms with E-state index in [2.05, 4.69) is 17.4 Å². The summed E-state index contributed by atoms with van der Waals surface area (Å²) in [7, 11) is 0. The summed E-state index contributed by atoms with van der Waals surface area (Å²) >= 11 is 0. The van der Waals surface area contributed by atoms with Crippen molar-refractivity contribution >= 4 is 11.8 Å². The van der Waals surface area contributed by atoms with E-state index in [0.717, 1.165) is 22.7 Å². The Hall–Kier alpha value is -2.34. The molecule has 1 N–H and O–H groups in total. The van der Waals surface area contributed by atoms with Crippen LogP contribution in [0, 0.1) is 6.92 Å². The molecule has 1 unspecified atom stereocenters. The van der Waals surface area contributed by atoms with Gasteiger partial charge in [-0.05, 0) is 31.5 Å². The highest BCUT2D eigenvalue weighted by molar-refractivity contribution is 5.89. The third kappa shape index (κ3) is 3.12. The van der Waals surface area contributed by atoms with Gasteiger partial charge in [0.15, 0.2) is 0 Å². The van der Waals surface area contributed by atoms with E-state index in [1.807, 2.05) is 37.3 Å². The predicted octanol–water partition coefficient (Wildman–Crippen LogP) is 2.79. The second-order valence-corrected chi connectivity index (χ2v) is 5.39. The Bertz CT molecular complexity index is 668. The van der Waals surface area contributed by atoms with Crippen LogP contribution in [0.15, 0.2) is 34.9 Å². The Labute approximate surface area is 129 Å². The third-order valence-corrected chi connectivity index (χ3v) is 3.71. The number of anilines is 1. The van der Waals surface area contributed by atoms with Crippen molar-refractivity contribution < 1.29 is 14.1 Å². The van der Waals surface area contributed by atoms with E-state index in [1.165, 1.54) is 0 Å². The smallest absolute Gasteiger partial charge is 0.414 e. The van der Waals surface area contributed by atoms with Crippen molar-refractivity contribution in [1.29, 1.82) is 0 Å². The lowest BCUT2D eigenvalue weighted by Gasteiger charge is -2.17. The van der Waals surface area contributed by atoms with E-state index in [0.29, 0.717) is 19.7 Å². The fourth-order valence-electron chi connectivity index (χ4n) is 2.47. The summed E-state index contributed by atoms with van der Waals surface area (Å²) in [5.41, 5.74) is 2.85. The fourth-order valence-corrected chi connectivity index (χ4v) is 2.47. The van der Waals surface area contributed by atoms with Gasteiger partial charge < -0.3 is 14.6 Å². The number of carbonyl (C=O) groups is 1. The topological polar surface area (TPSA) is 67.6 Å². The lowest BCUT2D eigenvalue weighted by atomic mass is 10.1. The third-order valence-electron chi connectivity index (χ3n) is 3.71. The van der Waals surface area contributed by atoms with Gasteiger partial charge in [0.05, 0.1) is 12.2 Å². The summed E-state index contributed by atoms with van der Waals surface area (Å²) in [6, 6.07) is 9.97. The Balaban J connectivity index is 1.67. The Morgan fingerprint density at radius 3 is 2.95 bits per heavy atom. The highest BCUT2D eigenvalue weighted by Gasteiger charge is 2.23. The quantitative estimate of drug-likeness (QED) is 0.919. The number of ether oxygens (including phenoxy) is 1. The maximum atomic E-state index is 11.6. The van der Waals surface area contributed by atoms with Crippen molar-refractivity contribution in [2.75, 3.05) is 18.1 Å². The van der Waals surface area contributed by atoms with Crippen LogP contribution < -0.4 is 10.2 Å². The SMILES string of the molecule is Cc1cc(CNC(C)c2cccc(N3CCOC3=O)c2)no1. The number of aromatic nitrogens is 1. The number of amides is 1. The number of cyclic esters (lactones) is 1. The molecule has 1 aliphatic heterocycles. The highest BCUT2D eigenvalue weighted by atomic mass is 16.6. The summed E-state index contributed by atoms with van der Waals surface area (Å²) in [5.74, 6) is 0.805. The molecular weight excluding hydrogens is 282 g/mol. The first-order chi connectivity index (χ1) is 10.6. The number of rotatable bonds is 5. The Morgan fingerprint density at radius 2 is 2.27 bits per heavy atom. The predicted molar refractivity (Wildman–Crippen MR) is 81.6 cm³/mol. The molecule has 3 rings (SSSR count). The van der Waals surface area contributed by atoms with Gasteiger partial charge in [0.25, 0.3) is 0 Å². The van der Waals surface area contributed by atoms with E-state index >= 15 is 0 Å². The van der Waals surface area contributed by atoms with Crippen LogP contribution in [-0.2, 0) is 11.3 Å².